The van der Waals surface area contributed by atoms with Gasteiger partial charge in [-0.05, 0) is 19.8 Å². The summed E-state index contributed by atoms with van der Waals surface area (Å²) in [6.45, 7) is 2.34. The third kappa shape index (κ3) is 2.57. The molecule has 2 amide bonds. The van der Waals surface area contributed by atoms with Crippen LogP contribution in [0.4, 0.5) is 4.79 Å². The largest absolute Gasteiger partial charge is 0.391 e. The fourth-order valence-electron chi connectivity index (χ4n) is 1.52. The molecule has 0 spiro atoms. The van der Waals surface area contributed by atoms with Crippen LogP contribution in [-0.4, -0.2) is 41.8 Å². The van der Waals surface area contributed by atoms with E-state index in [0.717, 1.165) is 12.8 Å². The quantitative estimate of drug-likeness (QED) is 0.574. The third-order valence-corrected chi connectivity index (χ3v) is 2.31. The van der Waals surface area contributed by atoms with E-state index >= 15 is 0 Å². The Morgan fingerprint density at radius 3 is 2.92 bits per heavy atom. The Balaban J connectivity index is 2.50. The predicted octanol–water partition coefficient (Wildman–Crippen LogP) is 0.103. The number of β-amino-alcohol motifs (C(OH)–C–C–N with tert-alkyl or cyclic N) is 1. The van der Waals surface area contributed by atoms with Crippen LogP contribution >= 0.6 is 0 Å². The van der Waals surface area contributed by atoms with Crippen LogP contribution in [0.1, 0.15) is 19.8 Å². The Kier molecular flexibility index (Phi) is 3.50. The molecule has 0 aliphatic carbocycles. The molecule has 1 saturated heterocycles. The number of aliphatic hydroxyl groups is 1. The molecule has 0 radical (unpaired) electrons. The van der Waals surface area contributed by atoms with Crippen LogP contribution in [0.5, 0.6) is 0 Å². The molecule has 1 aliphatic heterocycles. The van der Waals surface area contributed by atoms with Gasteiger partial charge in [-0.15, -0.1) is 0 Å². The number of urea groups is 1. The van der Waals surface area contributed by atoms with Gasteiger partial charge in [0, 0.05) is 12.6 Å². The molecule has 0 unspecified atom stereocenters. The predicted molar refractivity (Wildman–Crippen MR) is 46.9 cm³/mol. The molecular weight excluding hydrogens is 172 g/mol. The van der Waals surface area contributed by atoms with E-state index < -0.39 is 6.10 Å². The van der Waals surface area contributed by atoms with Gasteiger partial charge in [0.2, 0.25) is 0 Å². The van der Waals surface area contributed by atoms with E-state index in [1.807, 2.05) is 6.92 Å². The number of aliphatic hydroxyl groups excluding tert-OH is 1. The summed E-state index contributed by atoms with van der Waals surface area (Å²) in [6.07, 6.45) is 1.19. The molecule has 1 rings (SSSR count). The van der Waals surface area contributed by atoms with Gasteiger partial charge in [0.15, 0.2) is 0 Å². The highest BCUT2D eigenvalue weighted by atomic mass is 16.6. The third-order valence-electron chi connectivity index (χ3n) is 2.31. The number of rotatable bonds is 1. The zero-order chi connectivity index (χ0) is 9.84. The smallest absolute Gasteiger partial charge is 0.341 e. The maximum absolute atomic E-state index is 11.3. The second kappa shape index (κ2) is 4.43. The number of hydrogen-bond acceptors (Lipinski definition) is 3. The van der Waals surface area contributed by atoms with Crippen molar-refractivity contribution in [2.24, 2.45) is 0 Å². The number of hydroxylamine groups is 1. The van der Waals surface area contributed by atoms with Crippen LogP contribution in [0.2, 0.25) is 0 Å². The summed E-state index contributed by atoms with van der Waals surface area (Å²) in [6, 6.07) is -0.118. The van der Waals surface area contributed by atoms with Crippen LogP contribution in [0.3, 0.4) is 0 Å². The number of nitrogens with zero attached hydrogens (tertiary/aromatic N) is 1. The second-order valence-electron chi connectivity index (χ2n) is 3.34. The molecule has 0 aromatic heterocycles. The molecule has 0 bridgehead atoms. The van der Waals surface area contributed by atoms with Gasteiger partial charge in [-0.1, -0.05) is 0 Å². The van der Waals surface area contributed by atoms with Crippen molar-refractivity contribution in [2.75, 3.05) is 13.7 Å². The summed E-state index contributed by atoms with van der Waals surface area (Å²) in [5, 5.41) is 9.35. The van der Waals surface area contributed by atoms with Crippen molar-refractivity contribution in [3.8, 4) is 0 Å². The van der Waals surface area contributed by atoms with E-state index in [1.165, 1.54) is 7.11 Å². The van der Waals surface area contributed by atoms with Crippen molar-refractivity contribution < 1.29 is 14.7 Å². The number of likely N-dealkylation sites (tertiary alicyclic amines) is 1. The zero-order valence-corrected chi connectivity index (χ0v) is 7.99. The first-order valence-corrected chi connectivity index (χ1v) is 4.42. The highest BCUT2D eigenvalue weighted by Crippen LogP contribution is 2.16. The van der Waals surface area contributed by atoms with Crippen LogP contribution in [0.15, 0.2) is 0 Å². The van der Waals surface area contributed by atoms with Crippen molar-refractivity contribution in [2.45, 2.75) is 31.9 Å². The van der Waals surface area contributed by atoms with Gasteiger partial charge in [-0.3, -0.25) is 4.84 Å². The lowest BCUT2D eigenvalue weighted by molar-refractivity contribution is 0.0344. The average Bonchev–Trinajstić information content (AvgIpc) is 2.09. The van der Waals surface area contributed by atoms with E-state index in [0.29, 0.717) is 6.54 Å². The van der Waals surface area contributed by atoms with Crippen LogP contribution in [-0.2, 0) is 4.84 Å². The number of carbonyl (C=O) groups is 1. The Morgan fingerprint density at radius 2 is 2.31 bits per heavy atom. The van der Waals surface area contributed by atoms with Gasteiger partial charge in [0.05, 0.1) is 13.2 Å². The first kappa shape index (κ1) is 10.3. The Labute approximate surface area is 77.6 Å². The highest BCUT2D eigenvalue weighted by Gasteiger charge is 2.27. The summed E-state index contributed by atoms with van der Waals surface area (Å²) >= 11 is 0. The molecule has 0 aromatic carbocycles. The van der Waals surface area contributed by atoms with Crippen molar-refractivity contribution in [3.63, 3.8) is 0 Å². The molecule has 1 heterocycles. The number of hydrogen-bond donors (Lipinski definition) is 2. The van der Waals surface area contributed by atoms with Gasteiger partial charge >= 0.3 is 6.03 Å². The lowest BCUT2D eigenvalue weighted by atomic mass is 10.0. The molecule has 1 fully saturated rings. The molecule has 5 heteroatoms. The summed E-state index contributed by atoms with van der Waals surface area (Å²) in [5.41, 5.74) is 2.24. The Bertz CT molecular complexity index is 186. The normalized spacial score (nSPS) is 28.7. The minimum absolute atomic E-state index is 0.165. The van der Waals surface area contributed by atoms with Crippen LogP contribution in [0, 0.1) is 0 Å². The molecule has 13 heavy (non-hydrogen) atoms. The summed E-state index contributed by atoms with van der Waals surface area (Å²) in [7, 11) is 1.39. The fraction of sp³-hybridized carbons (Fsp3) is 0.875. The monoisotopic (exact) mass is 188 g/mol. The fourth-order valence-corrected chi connectivity index (χ4v) is 1.52. The highest BCUT2D eigenvalue weighted by molar-refractivity contribution is 5.73. The molecule has 76 valence electrons. The van der Waals surface area contributed by atoms with E-state index in [9.17, 15) is 9.90 Å². The summed E-state index contributed by atoms with van der Waals surface area (Å²) in [4.78, 5) is 17.4. The second-order valence-corrected chi connectivity index (χ2v) is 3.34. The summed E-state index contributed by atoms with van der Waals surface area (Å²) in [5.74, 6) is 0. The topological polar surface area (TPSA) is 61.8 Å². The van der Waals surface area contributed by atoms with E-state index in [-0.39, 0.29) is 12.1 Å². The van der Waals surface area contributed by atoms with Gasteiger partial charge in [-0.2, -0.15) is 0 Å². The van der Waals surface area contributed by atoms with Crippen LogP contribution < -0.4 is 5.48 Å². The minimum Gasteiger partial charge on any atom is -0.391 e. The van der Waals surface area contributed by atoms with Crippen molar-refractivity contribution >= 4 is 6.03 Å². The number of amides is 2. The van der Waals surface area contributed by atoms with E-state index in [4.69, 9.17) is 0 Å². The van der Waals surface area contributed by atoms with E-state index in [1.54, 1.807) is 4.90 Å². The molecule has 5 nitrogen and oxygen atoms in total. The number of carbonyl (C=O) groups excluding carboxylic acids is 1. The molecule has 0 aromatic rings. The SMILES string of the molecule is CONC(=O)N1C[C@@H](O)CC[C@@H]1C. The van der Waals surface area contributed by atoms with E-state index in [2.05, 4.69) is 10.3 Å². The molecule has 0 saturated carbocycles. The van der Waals surface area contributed by atoms with Gasteiger partial charge in [-0.25, -0.2) is 10.3 Å². The lowest BCUT2D eigenvalue weighted by Crippen LogP contribution is -2.51. The Morgan fingerprint density at radius 1 is 1.62 bits per heavy atom. The average molecular weight is 188 g/mol. The van der Waals surface area contributed by atoms with Gasteiger partial charge < -0.3 is 10.0 Å². The standard InChI is InChI=1S/C8H16N2O3/c1-6-3-4-7(11)5-10(6)8(12)9-13-2/h6-7,11H,3-5H2,1-2H3,(H,9,12)/t6-,7-/m0/s1. The summed E-state index contributed by atoms with van der Waals surface area (Å²) < 4.78 is 0. The number of nitrogens with one attached hydrogen (secondary N) is 1. The first-order chi connectivity index (χ1) is 6.15. The lowest BCUT2D eigenvalue weighted by Gasteiger charge is -2.35. The van der Waals surface area contributed by atoms with Gasteiger partial charge in [0.25, 0.3) is 0 Å². The molecule has 1 aliphatic rings. The Hall–Kier alpha value is -0.810. The van der Waals surface area contributed by atoms with Crippen molar-refractivity contribution in [1.82, 2.24) is 10.4 Å². The van der Waals surface area contributed by atoms with Gasteiger partial charge in [0.1, 0.15) is 0 Å². The molecule has 2 atom stereocenters. The zero-order valence-electron chi connectivity index (χ0n) is 7.99. The van der Waals surface area contributed by atoms with Crippen molar-refractivity contribution in [3.05, 3.63) is 0 Å². The molecular formula is C8H16N2O3. The maximum Gasteiger partial charge on any atom is 0.341 e. The maximum atomic E-state index is 11.3. The van der Waals surface area contributed by atoms with Crippen LogP contribution in [0.25, 0.3) is 0 Å². The minimum atomic E-state index is -0.404. The molecule has 2 N–H and O–H groups in total. The number of piperidine rings is 1. The van der Waals surface area contributed by atoms with Crippen molar-refractivity contribution in [1.29, 1.82) is 0 Å². The first-order valence-electron chi connectivity index (χ1n) is 4.42.